The Kier molecular flexibility index (Phi) is 4.00. The number of aromatic hydroxyl groups is 1. The van der Waals surface area contributed by atoms with Crippen molar-refractivity contribution in [3.8, 4) is 5.88 Å². The molecule has 1 aromatic rings. The average Bonchev–Trinajstić information content (AvgIpc) is 2.42. The lowest BCUT2D eigenvalue weighted by Crippen LogP contribution is -2.41. The Morgan fingerprint density at radius 2 is 2.21 bits per heavy atom. The fraction of sp³-hybridized carbons (Fsp3) is 0.545. The summed E-state index contributed by atoms with van der Waals surface area (Å²) in [6.07, 6.45) is 0. The van der Waals surface area contributed by atoms with Gasteiger partial charge < -0.3 is 19.5 Å². The Hall–Kier alpha value is -2.09. The second kappa shape index (κ2) is 5.70. The second-order valence-corrected chi connectivity index (χ2v) is 4.01. The molecule has 0 aliphatic carbocycles. The van der Waals surface area contributed by atoms with Gasteiger partial charge in [-0.1, -0.05) is 0 Å². The quantitative estimate of drug-likeness (QED) is 0.700. The summed E-state index contributed by atoms with van der Waals surface area (Å²) in [6, 6.07) is 0.965. The van der Waals surface area contributed by atoms with Gasteiger partial charge in [0.05, 0.1) is 26.4 Å². The zero-order valence-electron chi connectivity index (χ0n) is 10.5. The number of nitrogens with zero attached hydrogens (tertiary/aromatic N) is 3. The number of aromatic nitrogens is 2. The van der Waals surface area contributed by atoms with Gasteiger partial charge in [0.25, 0.3) is 5.56 Å². The fourth-order valence-electron chi connectivity index (χ4n) is 1.83. The van der Waals surface area contributed by atoms with Crippen LogP contribution in [0.4, 0.5) is 5.95 Å². The fourth-order valence-corrected chi connectivity index (χ4v) is 1.83. The molecule has 104 valence electrons. The molecule has 2 rings (SSSR count). The first-order valence-corrected chi connectivity index (χ1v) is 5.82. The maximum Gasteiger partial charge on any atom is 0.325 e. The van der Waals surface area contributed by atoms with Gasteiger partial charge in [-0.3, -0.25) is 14.2 Å². The van der Waals surface area contributed by atoms with E-state index in [0.717, 1.165) is 6.07 Å². The van der Waals surface area contributed by atoms with Crippen molar-refractivity contribution in [2.75, 3.05) is 38.3 Å². The summed E-state index contributed by atoms with van der Waals surface area (Å²) >= 11 is 0. The lowest BCUT2D eigenvalue weighted by atomic mass is 10.4. The molecule has 0 spiro atoms. The van der Waals surface area contributed by atoms with Crippen molar-refractivity contribution in [2.45, 2.75) is 6.54 Å². The van der Waals surface area contributed by atoms with Crippen molar-refractivity contribution in [3.05, 3.63) is 16.4 Å². The summed E-state index contributed by atoms with van der Waals surface area (Å²) in [5, 5.41) is 9.44. The van der Waals surface area contributed by atoms with Gasteiger partial charge in [-0.2, -0.15) is 4.98 Å². The van der Waals surface area contributed by atoms with Crippen molar-refractivity contribution in [1.82, 2.24) is 9.55 Å². The van der Waals surface area contributed by atoms with Gasteiger partial charge in [-0.15, -0.1) is 0 Å². The number of esters is 1. The van der Waals surface area contributed by atoms with Crippen LogP contribution in [0, 0.1) is 0 Å². The maximum atomic E-state index is 11.9. The molecule has 0 unspecified atom stereocenters. The third kappa shape index (κ3) is 3.02. The first-order valence-electron chi connectivity index (χ1n) is 5.82. The molecular weight excluding hydrogens is 254 g/mol. The molecule has 0 atom stereocenters. The predicted molar refractivity (Wildman–Crippen MR) is 65.2 cm³/mol. The SMILES string of the molecule is COC(=O)Cn1c(N2CCOCC2)nc(O)cc1=O. The number of anilines is 1. The van der Waals surface area contributed by atoms with Gasteiger partial charge in [0.2, 0.25) is 11.8 Å². The van der Waals surface area contributed by atoms with E-state index in [-0.39, 0.29) is 18.4 Å². The third-order valence-corrected chi connectivity index (χ3v) is 2.78. The zero-order chi connectivity index (χ0) is 13.8. The molecule has 1 aliphatic rings. The number of hydrogen-bond donors (Lipinski definition) is 1. The van der Waals surface area contributed by atoms with Crippen LogP contribution in [0.5, 0.6) is 5.88 Å². The van der Waals surface area contributed by atoms with E-state index in [9.17, 15) is 14.7 Å². The standard InChI is InChI=1S/C11H15N3O5/c1-18-10(17)7-14-9(16)6-8(15)12-11(14)13-2-4-19-5-3-13/h6,15H,2-5,7H2,1H3. The van der Waals surface area contributed by atoms with Gasteiger partial charge in [0, 0.05) is 13.1 Å². The molecule has 0 amide bonds. The Morgan fingerprint density at radius 1 is 1.53 bits per heavy atom. The molecule has 1 fully saturated rings. The minimum Gasteiger partial charge on any atom is -0.493 e. The van der Waals surface area contributed by atoms with Crippen LogP contribution in [0.3, 0.4) is 0 Å². The lowest BCUT2D eigenvalue weighted by molar-refractivity contribution is -0.141. The van der Waals surface area contributed by atoms with E-state index in [1.54, 1.807) is 4.90 Å². The molecule has 1 aromatic heterocycles. The van der Waals surface area contributed by atoms with Crippen molar-refractivity contribution in [2.24, 2.45) is 0 Å². The van der Waals surface area contributed by atoms with Crippen molar-refractivity contribution in [3.63, 3.8) is 0 Å². The summed E-state index contributed by atoms with van der Waals surface area (Å²) in [6.45, 7) is 1.84. The van der Waals surface area contributed by atoms with Crippen LogP contribution in [-0.4, -0.2) is 54.0 Å². The van der Waals surface area contributed by atoms with Crippen LogP contribution in [0.15, 0.2) is 10.9 Å². The van der Waals surface area contributed by atoms with E-state index in [1.165, 1.54) is 11.7 Å². The van der Waals surface area contributed by atoms with E-state index in [2.05, 4.69) is 9.72 Å². The minimum atomic E-state index is -0.552. The maximum absolute atomic E-state index is 11.9. The number of carbonyl (C=O) groups is 1. The van der Waals surface area contributed by atoms with E-state index in [0.29, 0.717) is 26.3 Å². The van der Waals surface area contributed by atoms with Crippen LogP contribution in [-0.2, 0) is 20.8 Å². The van der Waals surface area contributed by atoms with Gasteiger partial charge >= 0.3 is 5.97 Å². The summed E-state index contributed by atoms with van der Waals surface area (Å²) in [7, 11) is 1.25. The molecule has 1 aliphatic heterocycles. The van der Waals surface area contributed by atoms with Gasteiger partial charge in [0.1, 0.15) is 6.54 Å². The molecule has 0 aromatic carbocycles. The van der Waals surface area contributed by atoms with E-state index in [1.807, 2.05) is 0 Å². The summed E-state index contributed by atoms with van der Waals surface area (Å²) in [4.78, 5) is 28.9. The first-order chi connectivity index (χ1) is 9.11. The third-order valence-electron chi connectivity index (χ3n) is 2.78. The largest absolute Gasteiger partial charge is 0.493 e. The molecule has 1 saturated heterocycles. The minimum absolute atomic E-state index is 0.241. The highest BCUT2D eigenvalue weighted by Crippen LogP contribution is 2.14. The van der Waals surface area contributed by atoms with Crippen molar-refractivity contribution in [1.29, 1.82) is 0 Å². The molecule has 19 heavy (non-hydrogen) atoms. The van der Waals surface area contributed by atoms with Crippen LogP contribution in [0.25, 0.3) is 0 Å². The molecule has 8 heteroatoms. The summed E-state index contributed by atoms with van der Waals surface area (Å²) < 4.78 is 10.9. The Morgan fingerprint density at radius 3 is 2.84 bits per heavy atom. The number of methoxy groups -OCH3 is 1. The molecule has 8 nitrogen and oxygen atoms in total. The number of morpholine rings is 1. The normalized spacial score (nSPS) is 15.3. The molecule has 2 heterocycles. The van der Waals surface area contributed by atoms with Crippen LogP contribution in [0.1, 0.15) is 0 Å². The van der Waals surface area contributed by atoms with E-state index >= 15 is 0 Å². The van der Waals surface area contributed by atoms with E-state index < -0.39 is 11.5 Å². The van der Waals surface area contributed by atoms with Crippen LogP contribution in [0.2, 0.25) is 0 Å². The molecular formula is C11H15N3O5. The lowest BCUT2D eigenvalue weighted by Gasteiger charge is -2.29. The second-order valence-electron chi connectivity index (χ2n) is 4.01. The first kappa shape index (κ1) is 13.3. The summed E-state index contributed by atoms with van der Waals surface area (Å²) in [5.74, 6) is -0.671. The highest BCUT2D eigenvalue weighted by molar-refractivity contribution is 5.69. The summed E-state index contributed by atoms with van der Waals surface area (Å²) in [5.41, 5.74) is -0.501. The van der Waals surface area contributed by atoms with Crippen molar-refractivity contribution >= 4 is 11.9 Å². The van der Waals surface area contributed by atoms with Gasteiger partial charge in [-0.05, 0) is 0 Å². The van der Waals surface area contributed by atoms with E-state index in [4.69, 9.17) is 4.74 Å². The molecule has 0 saturated carbocycles. The van der Waals surface area contributed by atoms with Gasteiger partial charge in [0.15, 0.2) is 0 Å². The molecule has 0 radical (unpaired) electrons. The highest BCUT2D eigenvalue weighted by atomic mass is 16.5. The van der Waals surface area contributed by atoms with Crippen LogP contribution >= 0.6 is 0 Å². The molecule has 1 N–H and O–H groups in total. The monoisotopic (exact) mass is 269 g/mol. The van der Waals surface area contributed by atoms with Crippen molar-refractivity contribution < 1.29 is 19.4 Å². The van der Waals surface area contributed by atoms with Crippen LogP contribution < -0.4 is 10.5 Å². The Labute approximate surface area is 109 Å². The number of rotatable bonds is 3. The topological polar surface area (TPSA) is 93.9 Å². The number of carbonyl (C=O) groups excluding carboxylic acids is 1. The average molecular weight is 269 g/mol. The number of ether oxygens (including phenoxy) is 2. The Bertz CT molecular complexity index is 522. The van der Waals surface area contributed by atoms with Gasteiger partial charge in [-0.25, -0.2) is 0 Å². The smallest absolute Gasteiger partial charge is 0.325 e. The number of hydrogen-bond acceptors (Lipinski definition) is 7. The zero-order valence-corrected chi connectivity index (χ0v) is 10.5. The Balaban J connectivity index is 2.38. The highest BCUT2D eigenvalue weighted by Gasteiger charge is 2.20. The molecule has 0 bridgehead atoms. The predicted octanol–water partition coefficient (Wildman–Crippen LogP) is -1.04.